The van der Waals surface area contributed by atoms with Crippen LogP contribution in [-0.4, -0.2) is 0 Å². The fourth-order valence-electron chi connectivity index (χ4n) is 12.3. The smallest absolute Gasteiger partial charge is 0.141 e. The standard InChI is InChI=1S/C64H38F6N2S2/c1-63(2)51-15-3-5-17-53(51)64(54-18-6-4-16-52(54)63)49-25-23-39(71(41-29-35(65)27-36(66)30-41)57-21-9-13-45-43-11-7-19-55(69)59(43)73-61(45)57)33-47(49)48-34-40(24-26-50(48)64)72(42-31-37(67)28-38(68)32-42)58-22-10-14-46-44-12-8-20-56(70)60(44)74-62(46)58/h3-34H,1-2H3. The molecule has 1 spiro atoms. The Kier molecular flexibility index (Phi) is 9.72. The van der Waals surface area contributed by atoms with Crippen molar-refractivity contribution >= 4 is 97.1 Å². The molecule has 358 valence electrons. The van der Waals surface area contributed by atoms with E-state index in [0.29, 0.717) is 32.1 Å². The normalized spacial score (nSPS) is 13.9. The Morgan fingerprint density at radius 1 is 0.324 bits per heavy atom. The van der Waals surface area contributed by atoms with Crippen molar-refractivity contribution in [3.63, 3.8) is 0 Å². The number of nitrogens with zero attached hydrogens (tertiary/aromatic N) is 2. The third-order valence-corrected chi connectivity index (χ3v) is 17.7. The second kappa shape index (κ2) is 16.2. The summed E-state index contributed by atoms with van der Waals surface area (Å²) in [5, 5.41) is 3.04. The molecule has 0 fully saturated rings. The summed E-state index contributed by atoms with van der Waals surface area (Å²) >= 11 is 2.56. The zero-order valence-corrected chi connectivity index (χ0v) is 41.1. The van der Waals surface area contributed by atoms with Gasteiger partial charge in [0.25, 0.3) is 0 Å². The van der Waals surface area contributed by atoms with Gasteiger partial charge in [0.05, 0.1) is 47.0 Å². The molecule has 74 heavy (non-hydrogen) atoms. The van der Waals surface area contributed by atoms with Crippen molar-refractivity contribution in [1.29, 1.82) is 0 Å². The van der Waals surface area contributed by atoms with Gasteiger partial charge in [-0.25, -0.2) is 26.3 Å². The fraction of sp³-hybridized carbons (Fsp3) is 0.0625. The minimum Gasteiger partial charge on any atom is -0.309 e. The van der Waals surface area contributed by atoms with Gasteiger partial charge < -0.3 is 9.80 Å². The number of rotatable bonds is 6. The van der Waals surface area contributed by atoms with E-state index < -0.39 is 34.1 Å². The van der Waals surface area contributed by atoms with Crippen LogP contribution in [0.15, 0.2) is 194 Å². The van der Waals surface area contributed by atoms with Crippen molar-refractivity contribution in [1.82, 2.24) is 0 Å². The van der Waals surface area contributed by atoms with Crippen LogP contribution in [0.2, 0.25) is 0 Å². The predicted octanol–water partition coefficient (Wildman–Crippen LogP) is 19.2. The van der Waals surface area contributed by atoms with Gasteiger partial charge in [0.15, 0.2) is 0 Å². The second-order valence-electron chi connectivity index (χ2n) is 19.6. The maximum atomic E-state index is 15.6. The highest BCUT2D eigenvalue weighted by atomic mass is 32.1. The molecular formula is C64H38F6N2S2. The maximum Gasteiger partial charge on any atom is 0.141 e. The van der Waals surface area contributed by atoms with Gasteiger partial charge in [-0.1, -0.05) is 123 Å². The molecule has 0 unspecified atom stereocenters. The maximum absolute atomic E-state index is 15.6. The van der Waals surface area contributed by atoms with Crippen LogP contribution in [0.1, 0.15) is 47.2 Å². The number of hydrogen-bond acceptors (Lipinski definition) is 4. The van der Waals surface area contributed by atoms with Gasteiger partial charge in [-0.2, -0.15) is 0 Å². The summed E-state index contributed by atoms with van der Waals surface area (Å²) in [7, 11) is 0. The summed E-state index contributed by atoms with van der Waals surface area (Å²) in [5.74, 6) is -3.79. The van der Waals surface area contributed by atoms with Gasteiger partial charge >= 0.3 is 0 Å². The Balaban J connectivity index is 1.08. The van der Waals surface area contributed by atoms with Crippen molar-refractivity contribution in [3.8, 4) is 11.1 Å². The summed E-state index contributed by atoms with van der Waals surface area (Å²) in [6.45, 7) is 4.49. The topological polar surface area (TPSA) is 6.48 Å². The monoisotopic (exact) mass is 1010 g/mol. The van der Waals surface area contributed by atoms with Gasteiger partial charge in [0.2, 0.25) is 0 Å². The lowest BCUT2D eigenvalue weighted by atomic mass is 9.55. The van der Waals surface area contributed by atoms with Crippen LogP contribution in [0, 0.1) is 34.9 Å². The van der Waals surface area contributed by atoms with Crippen molar-refractivity contribution in [2.45, 2.75) is 24.7 Å². The van der Waals surface area contributed by atoms with Gasteiger partial charge in [-0.3, -0.25) is 0 Å². The quantitative estimate of drug-likeness (QED) is 0.153. The average Bonchev–Trinajstić information content (AvgIpc) is 4.07. The second-order valence-corrected chi connectivity index (χ2v) is 21.6. The van der Waals surface area contributed by atoms with E-state index in [4.69, 9.17) is 0 Å². The van der Waals surface area contributed by atoms with Crippen molar-refractivity contribution in [2.24, 2.45) is 0 Å². The molecule has 2 aromatic heterocycles. The number of halogens is 6. The molecule has 0 radical (unpaired) electrons. The third-order valence-electron chi connectivity index (χ3n) is 15.2. The summed E-state index contributed by atoms with van der Waals surface area (Å²) < 4.78 is 95.9. The molecule has 14 rings (SSSR count). The Bertz CT molecular complexity index is 4050. The molecule has 0 N–H and O–H groups in total. The van der Waals surface area contributed by atoms with E-state index in [-0.39, 0.29) is 23.0 Å². The van der Waals surface area contributed by atoms with Crippen LogP contribution in [0.4, 0.5) is 60.5 Å². The molecule has 2 nitrogen and oxygen atoms in total. The Morgan fingerprint density at radius 3 is 1.09 bits per heavy atom. The lowest BCUT2D eigenvalue weighted by Gasteiger charge is -2.46. The molecule has 10 aromatic carbocycles. The molecule has 0 amide bonds. The van der Waals surface area contributed by atoms with Gasteiger partial charge in [0.1, 0.15) is 34.9 Å². The van der Waals surface area contributed by atoms with E-state index in [1.54, 1.807) is 12.1 Å². The van der Waals surface area contributed by atoms with Crippen molar-refractivity contribution in [2.75, 3.05) is 9.80 Å². The van der Waals surface area contributed by atoms with E-state index in [2.05, 4.69) is 86.6 Å². The first-order valence-corrected chi connectivity index (χ1v) is 25.7. The van der Waals surface area contributed by atoms with E-state index in [1.807, 2.05) is 70.5 Å². The molecule has 12 aromatic rings. The number of fused-ring (bicyclic) bond motifs is 15. The molecule has 0 bridgehead atoms. The van der Waals surface area contributed by atoms with Crippen LogP contribution >= 0.6 is 22.7 Å². The lowest BCUT2D eigenvalue weighted by Crippen LogP contribution is -2.40. The van der Waals surface area contributed by atoms with E-state index in [9.17, 15) is 0 Å². The summed E-state index contributed by atoms with van der Waals surface area (Å²) in [5.41, 5.74) is 9.51. The molecule has 2 aliphatic rings. The van der Waals surface area contributed by atoms with Crippen LogP contribution in [-0.2, 0) is 10.8 Å². The SMILES string of the molecule is CC1(C)c2ccccc2C2(c3ccc(N(c4cc(F)cc(F)c4)c4cccc5c4sc4c(F)cccc45)cc3-c3cc(N(c4cc(F)cc(F)c4)c4cccc5c4sc4c(F)cccc45)ccc32)c2ccccc21. The Hall–Kier alpha value is -8.18. The molecular weight excluding hydrogens is 975 g/mol. The minimum atomic E-state index is -0.887. The third kappa shape index (κ3) is 6.31. The molecule has 10 heteroatoms. The minimum absolute atomic E-state index is 0.219. The van der Waals surface area contributed by atoms with E-state index in [0.717, 1.165) is 87.6 Å². The number of anilines is 6. The largest absolute Gasteiger partial charge is 0.309 e. The van der Waals surface area contributed by atoms with Crippen LogP contribution in [0.5, 0.6) is 0 Å². The average molecular weight is 1010 g/mol. The summed E-state index contributed by atoms with van der Waals surface area (Å²) in [6.07, 6.45) is 0. The first-order valence-electron chi connectivity index (χ1n) is 24.1. The highest BCUT2D eigenvalue weighted by Gasteiger charge is 2.53. The van der Waals surface area contributed by atoms with Gasteiger partial charge in [0, 0.05) is 50.5 Å². The first kappa shape index (κ1) is 44.5. The highest BCUT2D eigenvalue weighted by Crippen LogP contribution is 2.64. The van der Waals surface area contributed by atoms with E-state index in [1.165, 1.54) is 59.1 Å². The number of hydrogen-bond donors (Lipinski definition) is 0. The first-order chi connectivity index (χ1) is 35.9. The fourth-order valence-corrected chi connectivity index (χ4v) is 14.7. The van der Waals surface area contributed by atoms with Crippen molar-refractivity contribution in [3.05, 3.63) is 262 Å². The zero-order valence-electron chi connectivity index (χ0n) is 39.5. The zero-order chi connectivity index (χ0) is 50.4. The Morgan fingerprint density at radius 2 is 0.689 bits per heavy atom. The molecule has 0 saturated heterocycles. The number of benzene rings is 10. The highest BCUT2D eigenvalue weighted by molar-refractivity contribution is 7.26. The predicted molar refractivity (Wildman–Crippen MR) is 291 cm³/mol. The van der Waals surface area contributed by atoms with E-state index >= 15 is 26.3 Å². The molecule has 2 heterocycles. The summed E-state index contributed by atoms with van der Waals surface area (Å²) in [6, 6.07) is 57.5. The van der Waals surface area contributed by atoms with Gasteiger partial charge in [-0.15, -0.1) is 22.7 Å². The van der Waals surface area contributed by atoms with Crippen LogP contribution in [0.25, 0.3) is 51.5 Å². The van der Waals surface area contributed by atoms with Crippen LogP contribution in [0.3, 0.4) is 0 Å². The van der Waals surface area contributed by atoms with Crippen LogP contribution < -0.4 is 9.80 Å². The summed E-state index contributed by atoms with van der Waals surface area (Å²) in [4.78, 5) is 3.65. The lowest BCUT2D eigenvalue weighted by molar-refractivity contribution is 0.563. The van der Waals surface area contributed by atoms with Gasteiger partial charge in [-0.05, 0) is 117 Å². The number of thiophene rings is 2. The molecule has 0 aliphatic heterocycles. The molecule has 0 atom stereocenters. The van der Waals surface area contributed by atoms with Crippen molar-refractivity contribution < 1.29 is 26.3 Å². The Labute approximate surface area is 429 Å². The molecule has 2 aliphatic carbocycles. The molecule has 0 saturated carbocycles.